The van der Waals surface area contributed by atoms with Gasteiger partial charge in [-0.3, -0.25) is 0 Å². The van der Waals surface area contributed by atoms with E-state index in [2.05, 4.69) is 12.1 Å². The van der Waals surface area contributed by atoms with Crippen LogP contribution in [0.1, 0.15) is 68.9 Å². The van der Waals surface area contributed by atoms with Crippen LogP contribution >= 0.6 is 11.6 Å². The molecular formula is C19H28ClNO. The third-order valence-corrected chi connectivity index (χ3v) is 5.12. The molecule has 0 radical (unpaired) electrons. The Morgan fingerprint density at radius 3 is 2.55 bits per heavy atom. The van der Waals surface area contributed by atoms with Crippen molar-refractivity contribution in [3.8, 4) is 5.75 Å². The molecule has 0 bridgehead atoms. The zero-order chi connectivity index (χ0) is 15.5. The number of benzene rings is 1. The fourth-order valence-electron chi connectivity index (χ4n) is 3.55. The van der Waals surface area contributed by atoms with E-state index in [1.165, 1.54) is 56.1 Å². The summed E-state index contributed by atoms with van der Waals surface area (Å²) in [6.07, 6.45) is 9.99. The molecule has 2 fully saturated rings. The van der Waals surface area contributed by atoms with E-state index in [-0.39, 0.29) is 6.04 Å². The highest BCUT2D eigenvalue weighted by atomic mass is 35.5. The van der Waals surface area contributed by atoms with Crippen LogP contribution < -0.4 is 10.5 Å². The van der Waals surface area contributed by atoms with Gasteiger partial charge in [-0.25, -0.2) is 0 Å². The quantitative estimate of drug-likeness (QED) is 0.794. The van der Waals surface area contributed by atoms with Crippen LogP contribution in [0.4, 0.5) is 0 Å². The molecule has 1 unspecified atom stereocenters. The van der Waals surface area contributed by atoms with E-state index in [0.29, 0.717) is 5.92 Å². The van der Waals surface area contributed by atoms with E-state index in [1.54, 1.807) is 0 Å². The Hall–Kier alpha value is -0.730. The Morgan fingerprint density at radius 1 is 1.18 bits per heavy atom. The molecule has 22 heavy (non-hydrogen) atoms. The van der Waals surface area contributed by atoms with Crippen LogP contribution in [0.3, 0.4) is 0 Å². The summed E-state index contributed by atoms with van der Waals surface area (Å²) in [6.45, 7) is 2.90. The van der Waals surface area contributed by atoms with E-state index in [9.17, 15) is 0 Å². The Balaban J connectivity index is 1.90. The summed E-state index contributed by atoms with van der Waals surface area (Å²) in [5.41, 5.74) is 8.58. The van der Waals surface area contributed by atoms with Gasteiger partial charge in [0.1, 0.15) is 5.75 Å². The van der Waals surface area contributed by atoms with Gasteiger partial charge < -0.3 is 10.5 Å². The molecule has 0 saturated heterocycles. The molecule has 2 N–H and O–H groups in total. The van der Waals surface area contributed by atoms with Crippen LogP contribution in [0.15, 0.2) is 12.1 Å². The van der Waals surface area contributed by atoms with E-state index < -0.39 is 0 Å². The summed E-state index contributed by atoms with van der Waals surface area (Å²) in [5, 5.41) is 0.829. The van der Waals surface area contributed by atoms with Gasteiger partial charge in [0.15, 0.2) is 0 Å². The molecule has 0 aromatic heterocycles. The maximum atomic E-state index is 6.40. The zero-order valence-electron chi connectivity index (χ0n) is 13.6. The summed E-state index contributed by atoms with van der Waals surface area (Å²) >= 11 is 6.40. The zero-order valence-corrected chi connectivity index (χ0v) is 14.4. The van der Waals surface area contributed by atoms with Crippen molar-refractivity contribution >= 4 is 11.6 Å². The van der Waals surface area contributed by atoms with Gasteiger partial charge in [-0.2, -0.15) is 0 Å². The van der Waals surface area contributed by atoms with E-state index >= 15 is 0 Å². The number of ether oxygens (including phenoxy) is 1. The molecule has 3 rings (SSSR count). The summed E-state index contributed by atoms with van der Waals surface area (Å²) in [7, 11) is 0. The summed E-state index contributed by atoms with van der Waals surface area (Å²) in [5.74, 6) is 2.46. The molecular weight excluding hydrogens is 294 g/mol. The molecule has 0 amide bonds. The van der Waals surface area contributed by atoms with Crippen molar-refractivity contribution in [2.75, 3.05) is 6.61 Å². The fourth-order valence-corrected chi connectivity index (χ4v) is 3.80. The number of rotatable bonds is 6. The van der Waals surface area contributed by atoms with Crippen molar-refractivity contribution in [3.63, 3.8) is 0 Å². The molecule has 0 heterocycles. The lowest BCUT2D eigenvalue weighted by Gasteiger charge is -2.26. The van der Waals surface area contributed by atoms with Gasteiger partial charge in [-0.15, -0.1) is 0 Å². The topological polar surface area (TPSA) is 35.2 Å². The maximum absolute atomic E-state index is 6.40. The Kier molecular flexibility index (Phi) is 5.30. The van der Waals surface area contributed by atoms with Gasteiger partial charge in [-0.05, 0) is 74.1 Å². The van der Waals surface area contributed by atoms with Crippen molar-refractivity contribution in [2.24, 2.45) is 11.7 Å². The molecule has 122 valence electrons. The van der Waals surface area contributed by atoms with Gasteiger partial charge >= 0.3 is 0 Å². The van der Waals surface area contributed by atoms with Gasteiger partial charge in [0.2, 0.25) is 0 Å². The van der Waals surface area contributed by atoms with Crippen LogP contribution in [0.5, 0.6) is 5.75 Å². The van der Waals surface area contributed by atoms with Gasteiger partial charge in [0.05, 0.1) is 6.61 Å². The predicted octanol–water partition coefficient (Wildman–Crippen LogP) is 5.07. The lowest BCUT2D eigenvalue weighted by atomic mass is 9.82. The summed E-state index contributed by atoms with van der Waals surface area (Å²) in [6, 6.07) is 4.32. The molecule has 1 atom stereocenters. The van der Waals surface area contributed by atoms with Crippen molar-refractivity contribution in [3.05, 3.63) is 28.3 Å². The van der Waals surface area contributed by atoms with Crippen molar-refractivity contribution < 1.29 is 4.74 Å². The Labute approximate surface area is 139 Å². The number of halogens is 1. The minimum absolute atomic E-state index is 0.126. The number of nitrogens with two attached hydrogens (primary N) is 1. The number of hydrogen-bond donors (Lipinski definition) is 1. The Morgan fingerprint density at radius 2 is 1.91 bits per heavy atom. The average Bonchev–Trinajstić information content (AvgIpc) is 3.30. The second-order valence-electron chi connectivity index (χ2n) is 7.25. The van der Waals surface area contributed by atoms with Gasteiger partial charge in [-0.1, -0.05) is 30.9 Å². The van der Waals surface area contributed by atoms with Crippen LogP contribution in [-0.2, 0) is 6.42 Å². The SMILES string of the molecule is CC(N)Cc1cc(Cl)cc(C2CCCCC2)c1OCC1CC1. The Bertz CT molecular complexity index is 504. The molecule has 2 saturated carbocycles. The first-order chi connectivity index (χ1) is 10.6. The summed E-state index contributed by atoms with van der Waals surface area (Å²) < 4.78 is 6.29. The highest BCUT2D eigenvalue weighted by Crippen LogP contribution is 2.42. The fraction of sp³-hybridized carbons (Fsp3) is 0.684. The van der Waals surface area contributed by atoms with Crippen LogP contribution in [0.2, 0.25) is 5.02 Å². The van der Waals surface area contributed by atoms with Crippen molar-refractivity contribution in [1.82, 2.24) is 0 Å². The lowest BCUT2D eigenvalue weighted by Crippen LogP contribution is -2.19. The first-order valence-corrected chi connectivity index (χ1v) is 9.22. The molecule has 3 heteroatoms. The van der Waals surface area contributed by atoms with Crippen LogP contribution in [0.25, 0.3) is 0 Å². The van der Waals surface area contributed by atoms with Crippen LogP contribution in [-0.4, -0.2) is 12.6 Å². The minimum Gasteiger partial charge on any atom is -0.493 e. The lowest BCUT2D eigenvalue weighted by molar-refractivity contribution is 0.288. The van der Waals surface area contributed by atoms with Crippen molar-refractivity contribution in [1.29, 1.82) is 0 Å². The van der Waals surface area contributed by atoms with Crippen molar-refractivity contribution in [2.45, 2.75) is 70.3 Å². The highest BCUT2D eigenvalue weighted by Gasteiger charge is 2.26. The second kappa shape index (κ2) is 7.23. The third-order valence-electron chi connectivity index (χ3n) is 4.91. The predicted molar refractivity (Wildman–Crippen MR) is 92.9 cm³/mol. The largest absolute Gasteiger partial charge is 0.493 e. The van der Waals surface area contributed by atoms with Crippen LogP contribution in [0, 0.1) is 5.92 Å². The molecule has 2 aliphatic carbocycles. The standard InChI is InChI=1S/C19H28ClNO/c1-13(21)9-16-10-17(20)11-18(15-5-3-2-4-6-15)19(16)22-12-14-7-8-14/h10-11,13-15H,2-9,12,21H2,1H3. The first-order valence-electron chi connectivity index (χ1n) is 8.84. The van der Waals surface area contributed by atoms with E-state index in [1.807, 2.05) is 6.92 Å². The molecule has 2 aliphatic rings. The first kappa shape index (κ1) is 16.1. The highest BCUT2D eigenvalue weighted by molar-refractivity contribution is 6.30. The second-order valence-corrected chi connectivity index (χ2v) is 7.69. The molecule has 0 aliphatic heterocycles. The monoisotopic (exact) mass is 321 g/mol. The normalized spacial score (nSPS) is 20.9. The summed E-state index contributed by atoms with van der Waals surface area (Å²) in [4.78, 5) is 0. The molecule has 1 aromatic rings. The minimum atomic E-state index is 0.126. The smallest absolute Gasteiger partial charge is 0.126 e. The van der Waals surface area contributed by atoms with Gasteiger partial charge in [0, 0.05) is 11.1 Å². The average molecular weight is 322 g/mol. The van der Waals surface area contributed by atoms with Gasteiger partial charge in [0.25, 0.3) is 0 Å². The molecule has 2 nitrogen and oxygen atoms in total. The molecule has 0 spiro atoms. The number of hydrogen-bond acceptors (Lipinski definition) is 2. The third kappa shape index (κ3) is 4.17. The molecule has 1 aromatic carbocycles. The van der Waals surface area contributed by atoms with E-state index in [4.69, 9.17) is 22.1 Å². The van der Waals surface area contributed by atoms with E-state index in [0.717, 1.165) is 29.7 Å². The maximum Gasteiger partial charge on any atom is 0.126 e.